The molecule has 0 bridgehead atoms. The van der Waals surface area contributed by atoms with Crippen LogP contribution in [0.15, 0.2) is 28.8 Å². The first-order valence-corrected chi connectivity index (χ1v) is 8.25. The standard InChI is InChI=1S/C17H20N4O5/c1-25-13-5-3-2-4-12(13)21-9-11(8-16(21)23)17(24)18-7-6-14-19-15(10-22)26-20-14/h2-5,11,22H,6-10H2,1H3,(H,18,24)/t11-/m1/s1. The Kier molecular flexibility index (Phi) is 5.47. The van der Waals surface area contributed by atoms with Gasteiger partial charge in [-0.05, 0) is 12.1 Å². The van der Waals surface area contributed by atoms with Crippen LogP contribution in [0.4, 0.5) is 5.69 Å². The fourth-order valence-electron chi connectivity index (χ4n) is 2.87. The van der Waals surface area contributed by atoms with Crippen molar-refractivity contribution in [3.8, 4) is 5.75 Å². The Morgan fingerprint density at radius 2 is 2.27 bits per heavy atom. The molecule has 3 rings (SSSR count). The predicted octanol–water partition coefficient (Wildman–Crippen LogP) is 0.282. The van der Waals surface area contributed by atoms with Crippen molar-refractivity contribution >= 4 is 17.5 Å². The molecule has 1 aliphatic rings. The van der Waals surface area contributed by atoms with Crippen LogP contribution in [0.2, 0.25) is 0 Å². The van der Waals surface area contributed by atoms with E-state index in [1.54, 1.807) is 24.1 Å². The Morgan fingerprint density at radius 3 is 3.00 bits per heavy atom. The molecular formula is C17H20N4O5. The highest BCUT2D eigenvalue weighted by atomic mass is 16.5. The SMILES string of the molecule is COc1ccccc1N1C[C@H](C(=O)NCCc2noc(CO)n2)CC1=O. The molecule has 0 aliphatic carbocycles. The summed E-state index contributed by atoms with van der Waals surface area (Å²) in [5.74, 6) is 0.416. The van der Waals surface area contributed by atoms with Crippen molar-refractivity contribution in [2.45, 2.75) is 19.4 Å². The Morgan fingerprint density at radius 1 is 1.46 bits per heavy atom. The number of nitrogens with one attached hydrogen (secondary N) is 1. The lowest BCUT2D eigenvalue weighted by Gasteiger charge is -2.19. The van der Waals surface area contributed by atoms with E-state index in [-0.39, 0.29) is 30.7 Å². The van der Waals surface area contributed by atoms with Crippen molar-refractivity contribution in [1.29, 1.82) is 0 Å². The van der Waals surface area contributed by atoms with Gasteiger partial charge in [-0.15, -0.1) is 0 Å². The summed E-state index contributed by atoms with van der Waals surface area (Å²) >= 11 is 0. The van der Waals surface area contributed by atoms with Crippen LogP contribution in [0.1, 0.15) is 18.1 Å². The van der Waals surface area contributed by atoms with Crippen LogP contribution in [-0.4, -0.2) is 47.3 Å². The third kappa shape index (κ3) is 3.83. The maximum absolute atomic E-state index is 12.3. The van der Waals surface area contributed by atoms with Gasteiger partial charge >= 0.3 is 0 Å². The predicted molar refractivity (Wildman–Crippen MR) is 90.4 cm³/mol. The van der Waals surface area contributed by atoms with Gasteiger partial charge in [0, 0.05) is 25.9 Å². The van der Waals surface area contributed by atoms with Gasteiger partial charge in [-0.2, -0.15) is 4.98 Å². The lowest BCUT2D eigenvalue weighted by Crippen LogP contribution is -2.34. The van der Waals surface area contributed by atoms with E-state index in [1.807, 2.05) is 12.1 Å². The minimum absolute atomic E-state index is 0.111. The number of rotatable bonds is 7. The van der Waals surface area contributed by atoms with Gasteiger partial charge in [-0.3, -0.25) is 9.59 Å². The highest BCUT2D eigenvalue weighted by Gasteiger charge is 2.36. The van der Waals surface area contributed by atoms with E-state index < -0.39 is 5.92 Å². The summed E-state index contributed by atoms with van der Waals surface area (Å²) in [4.78, 5) is 30.2. The molecule has 9 heteroatoms. The number of benzene rings is 1. The molecule has 2 aromatic rings. The Hall–Kier alpha value is -2.94. The number of carbonyl (C=O) groups is 2. The number of para-hydroxylation sites is 2. The monoisotopic (exact) mass is 360 g/mol. The van der Waals surface area contributed by atoms with Gasteiger partial charge in [0.15, 0.2) is 5.82 Å². The molecule has 1 aromatic heterocycles. The largest absolute Gasteiger partial charge is 0.495 e. The third-order valence-corrected chi connectivity index (χ3v) is 4.17. The second-order valence-corrected chi connectivity index (χ2v) is 5.88. The van der Waals surface area contributed by atoms with Crippen molar-refractivity contribution in [3.63, 3.8) is 0 Å². The molecule has 0 saturated carbocycles. The molecule has 138 valence electrons. The van der Waals surface area contributed by atoms with E-state index in [0.29, 0.717) is 36.8 Å². The molecule has 26 heavy (non-hydrogen) atoms. The molecule has 1 atom stereocenters. The topological polar surface area (TPSA) is 118 Å². The quantitative estimate of drug-likeness (QED) is 0.728. The molecule has 1 fully saturated rings. The van der Waals surface area contributed by atoms with Gasteiger partial charge in [0.2, 0.25) is 11.8 Å². The molecule has 9 nitrogen and oxygen atoms in total. The number of ether oxygens (including phenoxy) is 1. The van der Waals surface area contributed by atoms with Crippen molar-refractivity contribution < 1.29 is 24.0 Å². The molecule has 2 amide bonds. The van der Waals surface area contributed by atoms with Crippen LogP contribution in [0.3, 0.4) is 0 Å². The van der Waals surface area contributed by atoms with Crippen LogP contribution in [0.25, 0.3) is 0 Å². The number of nitrogens with zero attached hydrogens (tertiary/aromatic N) is 3. The van der Waals surface area contributed by atoms with Crippen LogP contribution in [-0.2, 0) is 22.6 Å². The highest BCUT2D eigenvalue weighted by molar-refractivity contribution is 6.01. The Labute approximate surface area is 149 Å². The van der Waals surface area contributed by atoms with Gasteiger partial charge in [-0.25, -0.2) is 0 Å². The fraction of sp³-hybridized carbons (Fsp3) is 0.412. The second kappa shape index (κ2) is 7.96. The summed E-state index contributed by atoms with van der Waals surface area (Å²) in [7, 11) is 1.55. The molecule has 2 heterocycles. The minimum Gasteiger partial charge on any atom is -0.495 e. The first kappa shape index (κ1) is 17.9. The number of anilines is 1. The fourth-order valence-corrected chi connectivity index (χ4v) is 2.87. The number of methoxy groups -OCH3 is 1. The highest BCUT2D eigenvalue weighted by Crippen LogP contribution is 2.32. The lowest BCUT2D eigenvalue weighted by atomic mass is 10.1. The van der Waals surface area contributed by atoms with Crippen molar-refractivity contribution in [2.75, 3.05) is 25.1 Å². The Bertz CT molecular complexity index is 791. The number of aromatic nitrogens is 2. The smallest absolute Gasteiger partial charge is 0.252 e. The van der Waals surface area contributed by atoms with Crippen LogP contribution in [0.5, 0.6) is 5.75 Å². The summed E-state index contributed by atoms with van der Waals surface area (Å²) in [6, 6.07) is 7.23. The number of aliphatic hydroxyl groups is 1. The van der Waals surface area contributed by atoms with Crippen molar-refractivity contribution in [1.82, 2.24) is 15.5 Å². The first-order valence-electron chi connectivity index (χ1n) is 8.25. The van der Waals surface area contributed by atoms with Gasteiger partial charge in [0.05, 0.1) is 18.7 Å². The molecule has 0 unspecified atom stereocenters. The van der Waals surface area contributed by atoms with E-state index in [4.69, 9.17) is 14.4 Å². The number of hydrogen-bond acceptors (Lipinski definition) is 7. The molecule has 1 aliphatic heterocycles. The molecule has 0 spiro atoms. The average molecular weight is 360 g/mol. The summed E-state index contributed by atoms with van der Waals surface area (Å²) < 4.78 is 10.1. The van der Waals surface area contributed by atoms with Gasteiger partial charge in [-0.1, -0.05) is 17.3 Å². The number of aliphatic hydroxyl groups excluding tert-OH is 1. The van der Waals surface area contributed by atoms with E-state index in [9.17, 15) is 9.59 Å². The molecule has 1 saturated heterocycles. The van der Waals surface area contributed by atoms with Gasteiger partial charge in [0.25, 0.3) is 5.89 Å². The molecule has 1 aromatic carbocycles. The normalized spacial score (nSPS) is 16.8. The summed E-state index contributed by atoms with van der Waals surface area (Å²) in [5.41, 5.74) is 0.665. The number of carbonyl (C=O) groups excluding carboxylic acids is 2. The van der Waals surface area contributed by atoms with E-state index in [0.717, 1.165) is 0 Å². The minimum atomic E-state index is -0.425. The van der Waals surface area contributed by atoms with Gasteiger partial charge in [0.1, 0.15) is 12.4 Å². The summed E-state index contributed by atoms with van der Waals surface area (Å²) in [5, 5.41) is 15.4. The van der Waals surface area contributed by atoms with E-state index in [2.05, 4.69) is 15.5 Å². The average Bonchev–Trinajstić information content (AvgIpc) is 3.28. The Balaban J connectivity index is 1.55. The summed E-state index contributed by atoms with van der Waals surface area (Å²) in [6.45, 7) is 0.312. The zero-order valence-electron chi connectivity index (χ0n) is 14.3. The zero-order valence-corrected chi connectivity index (χ0v) is 14.3. The second-order valence-electron chi connectivity index (χ2n) is 5.88. The number of hydrogen-bond donors (Lipinski definition) is 2. The van der Waals surface area contributed by atoms with Crippen LogP contribution in [0, 0.1) is 5.92 Å². The zero-order chi connectivity index (χ0) is 18.5. The summed E-state index contributed by atoms with van der Waals surface area (Å²) in [6.07, 6.45) is 0.535. The molecule has 0 radical (unpaired) electrons. The lowest BCUT2D eigenvalue weighted by molar-refractivity contribution is -0.126. The van der Waals surface area contributed by atoms with Crippen molar-refractivity contribution in [3.05, 3.63) is 36.0 Å². The molecule has 2 N–H and O–H groups in total. The maximum atomic E-state index is 12.3. The van der Waals surface area contributed by atoms with Crippen LogP contribution >= 0.6 is 0 Å². The van der Waals surface area contributed by atoms with Gasteiger partial charge < -0.3 is 24.6 Å². The van der Waals surface area contributed by atoms with Crippen LogP contribution < -0.4 is 15.0 Å². The van der Waals surface area contributed by atoms with E-state index in [1.165, 1.54) is 0 Å². The van der Waals surface area contributed by atoms with Crippen molar-refractivity contribution in [2.24, 2.45) is 5.92 Å². The molecular weight excluding hydrogens is 340 g/mol. The third-order valence-electron chi connectivity index (χ3n) is 4.17. The van der Waals surface area contributed by atoms with E-state index >= 15 is 0 Å². The maximum Gasteiger partial charge on any atom is 0.252 e. The first-order chi connectivity index (χ1) is 12.6. The number of amides is 2.